The van der Waals surface area contributed by atoms with Gasteiger partial charge in [0, 0.05) is 42.6 Å². The number of benzene rings is 1. The van der Waals surface area contributed by atoms with Crippen LogP contribution in [0.4, 0.5) is 24.7 Å². The van der Waals surface area contributed by atoms with E-state index in [1.54, 1.807) is 18.2 Å². The average Bonchev–Trinajstić information content (AvgIpc) is 3.49. The first-order valence-corrected chi connectivity index (χ1v) is 13.6. The lowest BCUT2D eigenvalue weighted by Crippen LogP contribution is -2.64. The number of nitrogens with one attached hydrogen (secondary N) is 1. The number of halogens is 4. The third-order valence-corrected chi connectivity index (χ3v) is 8.26. The lowest BCUT2D eigenvalue weighted by molar-refractivity contribution is -0.137. The van der Waals surface area contributed by atoms with Gasteiger partial charge in [-0.1, -0.05) is 35.9 Å². The zero-order chi connectivity index (χ0) is 28.9. The molecule has 1 aliphatic heterocycles. The highest BCUT2D eigenvalue weighted by atomic mass is 35.5. The molecule has 1 N–H and O–H groups in total. The van der Waals surface area contributed by atoms with E-state index < -0.39 is 54.0 Å². The topological polar surface area (TPSA) is 95.5 Å². The molecular weight excluding hydrogens is 559 g/mol. The van der Waals surface area contributed by atoms with E-state index in [9.17, 15) is 27.6 Å². The molecule has 41 heavy (non-hydrogen) atoms. The van der Waals surface area contributed by atoms with E-state index in [0.717, 1.165) is 17.8 Å². The van der Waals surface area contributed by atoms with Crippen molar-refractivity contribution >= 4 is 40.8 Å². The highest BCUT2D eigenvalue weighted by Gasteiger charge is 2.57. The second kappa shape index (κ2) is 10.1. The minimum absolute atomic E-state index is 0.000792. The zero-order valence-electron chi connectivity index (χ0n) is 21.7. The van der Waals surface area contributed by atoms with Crippen LogP contribution in [0.25, 0.3) is 0 Å². The van der Waals surface area contributed by atoms with Crippen molar-refractivity contribution in [2.75, 3.05) is 9.80 Å². The number of nitrogens with zero attached hydrogens (tertiary/aromatic N) is 4. The van der Waals surface area contributed by atoms with Gasteiger partial charge in [-0.3, -0.25) is 29.2 Å². The Kier molecular flexibility index (Phi) is 6.72. The lowest BCUT2D eigenvalue weighted by atomic mass is 9.83. The average molecular weight is 584 g/mol. The minimum Gasteiger partial charge on any atom is -0.351 e. The smallest absolute Gasteiger partial charge is 0.252 e. The van der Waals surface area contributed by atoms with Crippen molar-refractivity contribution in [2.24, 2.45) is 0 Å². The second-order valence-electron chi connectivity index (χ2n) is 10.6. The molecule has 0 unspecified atom stereocenters. The molecule has 3 amide bonds. The summed E-state index contributed by atoms with van der Waals surface area (Å²) in [6, 6.07) is 9.27. The van der Waals surface area contributed by atoms with Gasteiger partial charge < -0.3 is 5.32 Å². The number of amides is 3. The Morgan fingerprint density at radius 2 is 1.88 bits per heavy atom. The molecule has 212 valence electrons. The SMILES string of the molecule is O=C1CC[C@@H](C(=O)N(c2cncc(F)c2)[C@]2(C(=O)NC3CC(F)(F)C3)CCc3ccccc32)N1c1cc(Cl)ccn1. The van der Waals surface area contributed by atoms with Gasteiger partial charge >= 0.3 is 0 Å². The Morgan fingerprint density at radius 1 is 1.10 bits per heavy atom. The van der Waals surface area contributed by atoms with Crippen molar-refractivity contribution in [3.05, 3.63) is 83.0 Å². The summed E-state index contributed by atoms with van der Waals surface area (Å²) in [4.78, 5) is 52.6. The predicted molar refractivity (Wildman–Crippen MR) is 144 cm³/mol. The molecule has 0 bridgehead atoms. The number of aromatic nitrogens is 2. The van der Waals surface area contributed by atoms with Gasteiger partial charge in [0.1, 0.15) is 17.7 Å². The van der Waals surface area contributed by atoms with Crippen LogP contribution < -0.4 is 15.1 Å². The molecule has 3 aromatic rings. The monoisotopic (exact) mass is 583 g/mol. The van der Waals surface area contributed by atoms with Crippen molar-refractivity contribution in [1.82, 2.24) is 15.3 Å². The Bertz CT molecular complexity index is 1550. The van der Waals surface area contributed by atoms with E-state index >= 15 is 0 Å². The normalized spacial score (nSPS) is 23.2. The summed E-state index contributed by atoms with van der Waals surface area (Å²) in [6.07, 6.45) is 3.28. The fourth-order valence-electron chi connectivity index (χ4n) is 6.17. The van der Waals surface area contributed by atoms with Gasteiger partial charge in [0.2, 0.25) is 5.91 Å². The van der Waals surface area contributed by atoms with Crippen LogP contribution in [0, 0.1) is 5.82 Å². The van der Waals surface area contributed by atoms with E-state index in [0.29, 0.717) is 17.0 Å². The van der Waals surface area contributed by atoms with Crippen LogP contribution >= 0.6 is 11.6 Å². The van der Waals surface area contributed by atoms with E-state index in [1.165, 1.54) is 34.3 Å². The number of hydrogen-bond acceptors (Lipinski definition) is 5. The Balaban J connectivity index is 1.49. The molecule has 1 saturated heterocycles. The van der Waals surface area contributed by atoms with Gasteiger partial charge in [0.05, 0.1) is 18.1 Å². The molecule has 1 aromatic carbocycles. The largest absolute Gasteiger partial charge is 0.351 e. The quantitative estimate of drug-likeness (QED) is 0.459. The molecule has 2 aromatic heterocycles. The van der Waals surface area contributed by atoms with Crippen LogP contribution in [0.2, 0.25) is 5.02 Å². The molecule has 1 saturated carbocycles. The molecule has 2 aliphatic carbocycles. The molecule has 8 nitrogen and oxygen atoms in total. The minimum atomic E-state index is -2.88. The summed E-state index contributed by atoms with van der Waals surface area (Å²) < 4.78 is 42.0. The van der Waals surface area contributed by atoms with Crippen LogP contribution in [-0.2, 0) is 26.3 Å². The number of anilines is 2. The standard InChI is InChI=1S/C29H25ClF3N5O3/c30-18-8-10-35-24(11-18)37-23(5-6-25(37)39)26(40)38(21-12-19(31)15-34-16-21)29(9-7-17-3-1-2-4-22(17)29)27(41)36-20-13-28(32,33)14-20/h1-4,8,10-12,15-16,20,23H,5-7,9,13-14H2,(H,36,41)/t23-,29+/m0/s1. The highest BCUT2D eigenvalue weighted by molar-refractivity contribution is 6.30. The van der Waals surface area contributed by atoms with E-state index in [2.05, 4.69) is 15.3 Å². The van der Waals surface area contributed by atoms with Crippen LogP contribution in [-0.4, -0.2) is 45.7 Å². The summed E-state index contributed by atoms with van der Waals surface area (Å²) in [5.41, 5.74) is -0.427. The summed E-state index contributed by atoms with van der Waals surface area (Å²) in [7, 11) is 0. The Morgan fingerprint density at radius 3 is 2.61 bits per heavy atom. The second-order valence-corrected chi connectivity index (χ2v) is 11.1. The van der Waals surface area contributed by atoms with Crippen LogP contribution in [0.3, 0.4) is 0 Å². The molecular formula is C29H25ClF3N5O3. The van der Waals surface area contributed by atoms with E-state index in [-0.39, 0.29) is 36.7 Å². The number of alkyl halides is 2. The first-order valence-electron chi connectivity index (χ1n) is 13.2. The van der Waals surface area contributed by atoms with Crippen molar-refractivity contribution in [3.63, 3.8) is 0 Å². The maximum absolute atomic E-state index is 14.7. The van der Waals surface area contributed by atoms with Crippen molar-refractivity contribution in [2.45, 2.75) is 62.1 Å². The van der Waals surface area contributed by atoms with Gasteiger partial charge in [-0.15, -0.1) is 0 Å². The number of rotatable bonds is 6. The molecule has 6 rings (SSSR count). The van der Waals surface area contributed by atoms with Crippen LogP contribution in [0.1, 0.15) is 43.2 Å². The summed E-state index contributed by atoms with van der Waals surface area (Å²) in [6.45, 7) is 0. The molecule has 0 radical (unpaired) electrons. The molecule has 2 atom stereocenters. The number of pyridine rings is 2. The third-order valence-electron chi connectivity index (χ3n) is 8.02. The Labute approximate surface area is 238 Å². The predicted octanol–water partition coefficient (Wildman–Crippen LogP) is 4.55. The van der Waals surface area contributed by atoms with Crippen molar-refractivity contribution in [1.29, 1.82) is 0 Å². The van der Waals surface area contributed by atoms with Crippen molar-refractivity contribution < 1.29 is 27.6 Å². The van der Waals surface area contributed by atoms with Gasteiger partial charge in [-0.25, -0.2) is 18.2 Å². The van der Waals surface area contributed by atoms with Crippen LogP contribution in [0.5, 0.6) is 0 Å². The number of carbonyl (C=O) groups excluding carboxylic acids is 3. The van der Waals surface area contributed by atoms with Gasteiger partial charge in [0.25, 0.3) is 17.7 Å². The lowest BCUT2D eigenvalue weighted by Gasteiger charge is -2.44. The number of fused-ring (bicyclic) bond motifs is 1. The molecule has 0 spiro atoms. The van der Waals surface area contributed by atoms with Gasteiger partial charge in [-0.2, -0.15) is 0 Å². The van der Waals surface area contributed by atoms with Gasteiger partial charge in [-0.05, 0) is 42.5 Å². The summed E-state index contributed by atoms with van der Waals surface area (Å²) in [5, 5.41) is 3.04. The molecule has 12 heteroatoms. The maximum atomic E-state index is 14.7. The van der Waals surface area contributed by atoms with Crippen molar-refractivity contribution in [3.8, 4) is 0 Å². The molecule has 3 heterocycles. The first kappa shape index (κ1) is 27.2. The third kappa shape index (κ3) is 4.71. The number of carbonyl (C=O) groups is 3. The number of hydrogen-bond donors (Lipinski definition) is 1. The van der Waals surface area contributed by atoms with Gasteiger partial charge in [0.15, 0.2) is 5.54 Å². The maximum Gasteiger partial charge on any atom is 0.252 e. The van der Waals surface area contributed by atoms with Crippen LogP contribution in [0.15, 0.2) is 61.1 Å². The summed E-state index contributed by atoms with van der Waals surface area (Å²) >= 11 is 6.16. The zero-order valence-corrected chi connectivity index (χ0v) is 22.5. The first-order chi connectivity index (χ1) is 19.6. The van der Waals surface area contributed by atoms with E-state index in [1.807, 2.05) is 6.07 Å². The number of aryl methyl sites for hydroxylation is 1. The Hall–Kier alpha value is -3.99. The molecule has 2 fully saturated rings. The fraction of sp³-hybridized carbons (Fsp3) is 0.345. The fourth-order valence-corrected chi connectivity index (χ4v) is 6.32. The summed E-state index contributed by atoms with van der Waals surface area (Å²) in [5.74, 6) is -5.13. The highest BCUT2D eigenvalue weighted by Crippen LogP contribution is 2.47. The van der Waals surface area contributed by atoms with E-state index in [4.69, 9.17) is 11.6 Å². The molecule has 3 aliphatic rings.